The standard InChI is InChI=1S/C19H18BrNO3/c1-13(20)18(22)21-16-10-6-5-9-15(16)11-17(21)19(23)24-12-14-7-3-2-4-8-14/h2-10,13,17H,11-12H2,1H3/t13-,17+/m1/s1. The average molecular weight is 388 g/mol. The van der Waals surface area contributed by atoms with Crippen LogP contribution in [0.2, 0.25) is 0 Å². The number of carbonyl (C=O) groups is 2. The van der Waals surface area contributed by atoms with Crippen molar-refractivity contribution in [2.45, 2.75) is 30.8 Å². The van der Waals surface area contributed by atoms with Gasteiger partial charge >= 0.3 is 5.97 Å². The Morgan fingerprint density at radius 1 is 1.17 bits per heavy atom. The van der Waals surface area contributed by atoms with Gasteiger partial charge in [-0.1, -0.05) is 64.5 Å². The lowest BCUT2D eigenvalue weighted by molar-refractivity contribution is -0.147. The normalized spacial score (nSPS) is 17.2. The lowest BCUT2D eigenvalue weighted by Crippen LogP contribution is -2.46. The minimum absolute atomic E-state index is 0.137. The molecule has 24 heavy (non-hydrogen) atoms. The Balaban J connectivity index is 1.78. The number of hydrogen-bond donors (Lipinski definition) is 0. The molecule has 4 nitrogen and oxygen atoms in total. The summed E-state index contributed by atoms with van der Waals surface area (Å²) in [5.41, 5.74) is 2.70. The van der Waals surface area contributed by atoms with Gasteiger partial charge in [0.05, 0.1) is 4.83 Å². The first-order valence-electron chi connectivity index (χ1n) is 7.83. The Hall–Kier alpha value is -2.14. The molecule has 1 amide bonds. The molecule has 0 spiro atoms. The van der Waals surface area contributed by atoms with E-state index in [2.05, 4.69) is 15.9 Å². The molecule has 1 heterocycles. The van der Waals surface area contributed by atoms with Crippen molar-refractivity contribution < 1.29 is 14.3 Å². The smallest absolute Gasteiger partial charge is 0.329 e. The average Bonchev–Trinajstić information content (AvgIpc) is 2.99. The Bertz CT molecular complexity index is 745. The van der Waals surface area contributed by atoms with Crippen LogP contribution in [0.15, 0.2) is 54.6 Å². The summed E-state index contributed by atoms with van der Waals surface area (Å²) in [6.07, 6.45) is 0.481. The molecular formula is C19H18BrNO3. The van der Waals surface area contributed by atoms with Crippen molar-refractivity contribution in [2.75, 3.05) is 4.90 Å². The SMILES string of the molecule is C[C@@H](Br)C(=O)N1c2ccccc2C[C@H]1C(=O)OCc1ccccc1. The second-order valence-corrected chi connectivity index (χ2v) is 7.14. The third-order valence-corrected chi connectivity index (χ3v) is 4.44. The van der Waals surface area contributed by atoms with E-state index in [0.717, 1.165) is 16.8 Å². The molecule has 0 aromatic heterocycles. The van der Waals surface area contributed by atoms with E-state index in [0.29, 0.717) is 6.42 Å². The summed E-state index contributed by atoms with van der Waals surface area (Å²) in [4.78, 5) is 26.4. The molecule has 2 aromatic rings. The molecular weight excluding hydrogens is 370 g/mol. The van der Waals surface area contributed by atoms with Crippen LogP contribution in [0.25, 0.3) is 0 Å². The fraction of sp³-hybridized carbons (Fsp3) is 0.263. The van der Waals surface area contributed by atoms with Crippen molar-refractivity contribution in [1.29, 1.82) is 0 Å². The summed E-state index contributed by atoms with van der Waals surface area (Å²) in [5, 5.41) is 0. The maximum absolute atomic E-state index is 12.6. The zero-order valence-corrected chi connectivity index (χ0v) is 14.9. The van der Waals surface area contributed by atoms with Gasteiger partial charge in [-0.05, 0) is 24.1 Å². The van der Waals surface area contributed by atoms with Crippen LogP contribution in [0.4, 0.5) is 5.69 Å². The molecule has 124 valence electrons. The monoisotopic (exact) mass is 387 g/mol. The lowest BCUT2D eigenvalue weighted by atomic mass is 10.1. The topological polar surface area (TPSA) is 46.6 Å². The Morgan fingerprint density at radius 3 is 2.54 bits per heavy atom. The third-order valence-electron chi connectivity index (χ3n) is 4.05. The first-order valence-corrected chi connectivity index (χ1v) is 8.75. The van der Waals surface area contributed by atoms with E-state index in [9.17, 15) is 9.59 Å². The molecule has 0 aliphatic carbocycles. The van der Waals surface area contributed by atoms with Crippen LogP contribution in [0, 0.1) is 0 Å². The molecule has 3 rings (SSSR count). The third kappa shape index (κ3) is 3.36. The van der Waals surface area contributed by atoms with Crippen LogP contribution in [-0.2, 0) is 27.4 Å². The molecule has 5 heteroatoms. The van der Waals surface area contributed by atoms with Crippen LogP contribution >= 0.6 is 15.9 Å². The minimum Gasteiger partial charge on any atom is -0.459 e. The van der Waals surface area contributed by atoms with Crippen molar-refractivity contribution in [3.8, 4) is 0 Å². The Morgan fingerprint density at radius 2 is 1.83 bits per heavy atom. The predicted molar refractivity (Wildman–Crippen MR) is 96.0 cm³/mol. The molecule has 0 fully saturated rings. The van der Waals surface area contributed by atoms with Crippen LogP contribution in [0.3, 0.4) is 0 Å². The highest BCUT2D eigenvalue weighted by Gasteiger charge is 2.40. The second kappa shape index (κ2) is 7.18. The maximum Gasteiger partial charge on any atom is 0.329 e. The number of amides is 1. The van der Waals surface area contributed by atoms with Gasteiger partial charge in [0.2, 0.25) is 5.91 Å². The number of para-hydroxylation sites is 1. The van der Waals surface area contributed by atoms with E-state index in [4.69, 9.17) is 4.74 Å². The summed E-state index contributed by atoms with van der Waals surface area (Å²) in [5.74, 6) is -0.516. The molecule has 0 saturated heterocycles. The molecule has 0 bridgehead atoms. The first kappa shape index (κ1) is 16.7. The second-order valence-electron chi connectivity index (χ2n) is 5.77. The number of esters is 1. The highest BCUT2D eigenvalue weighted by Crippen LogP contribution is 2.33. The number of anilines is 1. The van der Waals surface area contributed by atoms with Gasteiger partial charge in [-0.2, -0.15) is 0 Å². The zero-order chi connectivity index (χ0) is 17.1. The first-order chi connectivity index (χ1) is 11.6. The number of nitrogens with zero attached hydrogens (tertiary/aromatic N) is 1. The van der Waals surface area contributed by atoms with Crippen molar-refractivity contribution >= 4 is 33.5 Å². The van der Waals surface area contributed by atoms with Gasteiger partial charge in [-0.15, -0.1) is 0 Å². The lowest BCUT2D eigenvalue weighted by Gasteiger charge is -2.25. The van der Waals surface area contributed by atoms with Gasteiger partial charge in [-0.25, -0.2) is 4.79 Å². The van der Waals surface area contributed by atoms with Crippen LogP contribution in [0.5, 0.6) is 0 Å². The minimum atomic E-state index is -0.612. The molecule has 0 saturated carbocycles. The van der Waals surface area contributed by atoms with Gasteiger partial charge in [0.15, 0.2) is 0 Å². The van der Waals surface area contributed by atoms with Crippen molar-refractivity contribution in [2.24, 2.45) is 0 Å². The number of ether oxygens (including phenoxy) is 1. The molecule has 0 N–H and O–H groups in total. The van der Waals surface area contributed by atoms with E-state index in [1.165, 1.54) is 0 Å². The van der Waals surface area contributed by atoms with Crippen LogP contribution in [0.1, 0.15) is 18.1 Å². The summed E-state index contributed by atoms with van der Waals surface area (Å²) in [7, 11) is 0. The van der Waals surface area contributed by atoms with E-state index in [1.54, 1.807) is 11.8 Å². The molecule has 1 aliphatic heterocycles. The predicted octanol–water partition coefficient (Wildman–Crippen LogP) is 3.47. The summed E-state index contributed by atoms with van der Waals surface area (Å²) in [6.45, 7) is 1.97. The van der Waals surface area contributed by atoms with Crippen molar-refractivity contribution in [3.05, 3.63) is 65.7 Å². The van der Waals surface area contributed by atoms with E-state index < -0.39 is 6.04 Å². The largest absolute Gasteiger partial charge is 0.459 e. The van der Waals surface area contributed by atoms with Crippen molar-refractivity contribution in [3.63, 3.8) is 0 Å². The highest BCUT2D eigenvalue weighted by molar-refractivity contribution is 9.10. The molecule has 0 unspecified atom stereocenters. The van der Waals surface area contributed by atoms with E-state index in [1.807, 2.05) is 54.6 Å². The van der Waals surface area contributed by atoms with Gasteiger partial charge in [0, 0.05) is 12.1 Å². The number of fused-ring (bicyclic) bond motifs is 1. The van der Waals surface area contributed by atoms with Crippen molar-refractivity contribution in [1.82, 2.24) is 0 Å². The fourth-order valence-electron chi connectivity index (χ4n) is 2.86. The number of carbonyl (C=O) groups excluding carboxylic acids is 2. The number of benzene rings is 2. The van der Waals surface area contributed by atoms with Gasteiger partial charge < -0.3 is 4.74 Å². The number of halogens is 1. The molecule has 1 aliphatic rings. The van der Waals surface area contributed by atoms with E-state index in [-0.39, 0.29) is 23.3 Å². The molecule has 2 aromatic carbocycles. The van der Waals surface area contributed by atoms with Crippen LogP contribution in [-0.4, -0.2) is 22.7 Å². The van der Waals surface area contributed by atoms with E-state index >= 15 is 0 Å². The highest BCUT2D eigenvalue weighted by atomic mass is 79.9. The number of hydrogen-bond acceptors (Lipinski definition) is 3. The van der Waals surface area contributed by atoms with Gasteiger partial charge in [0.25, 0.3) is 0 Å². The summed E-state index contributed by atoms with van der Waals surface area (Å²) in [6, 6.07) is 16.5. The zero-order valence-electron chi connectivity index (χ0n) is 13.3. The number of alkyl halides is 1. The quantitative estimate of drug-likeness (QED) is 0.595. The fourth-order valence-corrected chi connectivity index (χ4v) is 3.08. The van der Waals surface area contributed by atoms with Gasteiger partial charge in [0.1, 0.15) is 12.6 Å². The summed E-state index contributed by atoms with van der Waals surface area (Å²) < 4.78 is 5.46. The molecule has 2 atom stereocenters. The Kier molecular flexibility index (Phi) is 5.00. The molecule has 0 radical (unpaired) electrons. The van der Waals surface area contributed by atoms with Crippen LogP contribution < -0.4 is 4.90 Å². The Labute approximate surface area is 149 Å². The number of rotatable bonds is 4. The maximum atomic E-state index is 12.6. The van der Waals surface area contributed by atoms with Gasteiger partial charge in [-0.3, -0.25) is 9.69 Å². The summed E-state index contributed by atoms with van der Waals surface area (Å²) >= 11 is 3.31.